The van der Waals surface area contributed by atoms with Gasteiger partial charge in [0, 0.05) is 19.0 Å². The van der Waals surface area contributed by atoms with Crippen LogP contribution in [0.15, 0.2) is 54.9 Å². The van der Waals surface area contributed by atoms with E-state index in [4.69, 9.17) is 4.74 Å². The summed E-state index contributed by atoms with van der Waals surface area (Å²) in [4.78, 5) is 7.75. The first-order valence-electron chi connectivity index (χ1n) is 9.56. The molecule has 0 aliphatic carbocycles. The van der Waals surface area contributed by atoms with Crippen molar-refractivity contribution < 1.29 is 39.4 Å². The first-order valence-corrected chi connectivity index (χ1v) is 9.56. The van der Waals surface area contributed by atoms with Crippen molar-refractivity contribution >= 4 is 16.7 Å². The van der Waals surface area contributed by atoms with Crippen molar-refractivity contribution in [2.75, 3.05) is 39.8 Å². The van der Waals surface area contributed by atoms with Crippen LogP contribution >= 0.6 is 0 Å². The van der Waals surface area contributed by atoms with Crippen molar-refractivity contribution in [1.29, 1.82) is 0 Å². The van der Waals surface area contributed by atoms with Crippen LogP contribution in [0.3, 0.4) is 0 Å². The largest absolute Gasteiger partial charge is 1.00 e. The third-order valence-electron chi connectivity index (χ3n) is 5.51. The third-order valence-corrected chi connectivity index (χ3v) is 5.51. The van der Waals surface area contributed by atoms with Gasteiger partial charge in [-0.05, 0) is 18.2 Å². The molecule has 1 fully saturated rings. The monoisotopic (exact) mass is 422 g/mol. The van der Waals surface area contributed by atoms with Gasteiger partial charge >= 0.3 is 0 Å². The molecule has 152 valence electrons. The summed E-state index contributed by atoms with van der Waals surface area (Å²) in [6, 6.07) is 16.8. The molecule has 28 heavy (non-hydrogen) atoms. The maximum absolute atomic E-state index is 5.53. The van der Waals surface area contributed by atoms with E-state index in [2.05, 4.69) is 45.9 Å². The highest BCUT2D eigenvalue weighted by molar-refractivity contribution is 5.74. The van der Waals surface area contributed by atoms with E-state index in [1.807, 2.05) is 18.5 Å². The van der Waals surface area contributed by atoms with Gasteiger partial charge in [0.25, 0.3) is 0 Å². The van der Waals surface area contributed by atoms with Crippen molar-refractivity contribution in [2.45, 2.75) is 13.0 Å². The van der Waals surface area contributed by atoms with Crippen LogP contribution in [0.2, 0.25) is 0 Å². The Labute approximate surface area is 179 Å². The molecule has 0 spiro atoms. The molecule has 3 aromatic rings. The molecule has 2 aromatic carbocycles. The van der Waals surface area contributed by atoms with E-state index in [9.17, 15) is 0 Å². The molecule has 5 nitrogen and oxygen atoms in total. The van der Waals surface area contributed by atoms with Crippen LogP contribution in [-0.4, -0.2) is 49.4 Å². The molecule has 0 saturated carbocycles. The summed E-state index contributed by atoms with van der Waals surface area (Å²) >= 11 is 0. The zero-order valence-corrected chi connectivity index (χ0v) is 17.7. The van der Waals surface area contributed by atoms with Crippen LogP contribution in [0.1, 0.15) is 6.42 Å². The Morgan fingerprint density at radius 3 is 2.46 bits per heavy atom. The van der Waals surface area contributed by atoms with Crippen LogP contribution < -0.4 is 39.4 Å². The first-order chi connectivity index (χ1) is 12.8. The number of hydrogen-bond donors (Lipinski definition) is 2. The molecular weight excluding hydrogens is 395 g/mol. The summed E-state index contributed by atoms with van der Waals surface area (Å²) in [6.45, 7) is 7.06. The van der Waals surface area contributed by atoms with Gasteiger partial charge in [-0.3, -0.25) is 4.90 Å². The Hall–Kier alpha value is -1.79. The molecule has 0 radical (unpaired) electrons. The smallest absolute Gasteiger partial charge is 0.179 e. The quantitative estimate of drug-likeness (QED) is 0.415. The molecule has 1 aliphatic rings. The Morgan fingerprint density at radius 1 is 0.964 bits per heavy atom. The highest BCUT2D eigenvalue weighted by Crippen LogP contribution is 2.18. The lowest BCUT2D eigenvalue weighted by Crippen LogP contribution is -3.26. The molecule has 4 rings (SSSR count). The Bertz CT molecular complexity index is 862. The Balaban J connectivity index is 0.00000140. The Morgan fingerprint density at radius 2 is 1.68 bits per heavy atom. The SMILES string of the molecule is COc1ccccc1[NH+]1CC[NH+](CCCn2cnc3ccccc32)CC1.[Cl-].[Cl-]. The number of aromatic nitrogens is 2. The lowest BCUT2D eigenvalue weighted by Gasteiger charge is -2.30. The van der Waals surface area contributed by atoms with Crippen molar-refractivity contribution in [2.24, 2.45) is 0 Å². The lowest BCUT2D eigenvalue weighted by atomic mass is 10.2. The van der Waals surface area contributed by atoms with Gasteiger partial charge in [0.2, 0.25) is 0 Å². The standard InChI is InChI=1S/C21H26N4O.2ClH/c1-26-21-10-5-4-9-20(21)24-15-13-23(14-16-24)11-6-12-25-17-22-18-7-2-3-8-19(18)25;;/h2-5,7-10,17H,6,11-16H2,1H3;2*1H. The van der Waals surface area contributed by atoms with E-state index in [-0.39, 0.29) is 24.8 Å². The maximum atomic E-state index is 5.53. The number of rotatable bonds is 6. The van der Waals surface area contributed by atoms with E-state index < -0.39 is 0 Å². The minimum Gasteiger partial charge on any atom is -1.00 e. The van der Waals surface area contributed by atoms with Gasteiger partial charge in [-0.1, -0.05) is 24.3 Å². The van der Waals surface area contributed by atoms with Crippen LogP contribution in [-0.2, 0) is 6.54 Å². The van der Waals surface area contributed by atoms with Crippen LogP contribution in [0, 0.1) is 0 Å². The van der Waals surface area contributed by atoms with E-state index >= 15 is 0 Å². The third kappa shape index (κ3) is 4.97. The predicted octanol–water partition coefficient (Wildman–Crippen LogP) is -5.44. The molecule has 1 aliphatic heterocycles. The van der Waals surface area contributed by atoms with Crippen molar-refractivity contribution in [3.63, 3.8) is 0 Å². The fourth-order valence-electron chi connectivity index (χ4n) is 4.05. The van der Waals surface area contributed by atoms with E-state index in [1.165, 1.54) is 50.3 Å². The zero-order chi connectivity index (χ0) is 17.8. The highest BCUT2D eigenvalue weighted by atomic mass is 35.5. The molecular formula is C21H28Cl2N4O. The number of halogens is 2. The average molecular weight is 423 g/mol. The van der Waals surface area contributed by atoms with Gasteiger partial charge in [-0.25, -0.2) is 4.98 Å². The summed E-state index contributed by atoms with van der Waals surface area (Å²) in [6.07, 6.45) is 3.17. The second-order valence-corrected chi connectivity index (χ2v) is 7.08. The molecule has 7 heteroatoms. The van der Waals surface area contributed by atoms with Gasteiger partial charge < -0.3 is 39.0 Å². The molecule has 0 atom stereocenters. The number of imidazole rings is 1. The number of aryl methyl sites for hydroxylation is 1. The van der Waals surface area contributed by atoms with Crippen molar-refractivity contribution in [3.05, 3.63) is 54.9 Å². The maximum Gasteiger partial charge on any atom is 0.179 e. The number of nitrogens with one attached hydrogen (secondary N) is 2. The number of piperazine rings is 1. The predicted molar refractivity (Wildman–Crippen MR) is 103 cm³/mol. The summed E-state index contributed by atoms with van der Waals surface area (Å²) in [5.41, 5.74) is 3.64. The van der Waals surface area contributed by atoms with Gasteiger partial charge in [0.05, 0.1) is 31.0 Å². The Kier molecular flexibility index (Phi) is 8.58. The van der Waals surface area contributed by atoms with Crippen LogP contribution in [0.4, 0.5) is 5.69 Å². The second kappa shape index (κ2) is 10.7. The molecule has 1 saturated heterocycles. The highest BCUT2D eigenvalue weighted by Gasteiger charge is 2.26. The number of quaternary nitrogens is 2. The number of methoxy groups -OCH3 is 1. The van der Waals surface area contributed by atoms with Gasteiger partial charge in [-0.15, -0.1) is 0 Å². The second-order valence-electron chi connectivity index (χ2n) is 7.08. The fraction of sp³-hybridized carbons (Fsp3) is 0.381. The van der Waals surface area contributed by atoms with E-state index in [0.29, 0.717) is 0 Å². The van der Waals surface area contributed by atoms with Crippen molar-refractivity contribution in [3.8, 4) is 5.75 Å². The van der Waals surface area contributed by atoms with Crippen LogP contribution in [0.5, 0.6) is 5.75 Å². The van der Waals surface area contributed by atoms with E-state index in [0.717, 1.165) is 17.8 Å². The molecule has 2 heterocycles. The minimum absolute atomic E-state index is 0. The summed E-state index contributed by atoms with van der Waals surface area (Å²) < 4.78 is 7.81. The number of benzene rings is 2. The number of nitrogens with zero attached hydrogens (tertiary/aromatic N) is 2. The topological polar surface area (TPSA) is 35.9 Å². The molecule has 0 bridgehead atoms. The lowest BCUT2D eigenvalue weighted by molar-refractivity contribution is -0.986. The van der Waals surface area contributed by atoms with Crippen molar-refractivity contribution in [1.82, 2.24) is 9.55 Å². The number of hydrogen-bond acceptors (Lipinski definition) is 2. The fourth-order valence-corrected chi connectivity index (χ4v) is 4.05. The zero-order valence-electron chi connectivity index (χ0n) is 16.2. The number of fused-ring (bicyclic) bond motifs is 1. The summed E-state index contributed by atoms with van der Waals surface area (Å²) in [5.74, 6) is 1.01. The molecule has 0 amide bonds. The summed E-state index contributed by atoms with van der Waals surface area (Å²) in [5, 5.41) is 0. The molecule has 0 unspecified atom stereocenters. The van der Waals surface area contributed by atoms with Crippen LogP contribution in [0.25, 0.3) is 11.0 Å². The number of ether oxygens (including phenoxy) is 1. The minimum atomic E-state index is 0. The average Bonchev–Trinajstić information content (AvgIpc) is 3.12. The summed E-state index contributed by atoms with van der Waals surface area (Å²) in [7, 11) is 1.76. The molecule has 1 aromatic heterocycles. The first kappa shape index (κ1) is 22.5. The normalized spacial score (nSPS) is 18.9. The van der Waals surface area contributed by atoms with Gasteiger partial charge in [0.1, 0.15) is 26.2 Å². The molecule has 2 N–H and O–H groups in total. The number of para-hydroxylation sites is 4. The van der Waals surface area contributed by atoms with Gasteiger partial charge in [0.15, 0.2) is 11.4 Å². The van der Waals surface area contributed by atoms with Gasteiger partial charge in [-0.2, -0.15) is 0 Å². The van der Waals surface area contributed by atoms with E-state index in [1.54, 1.807) is 16.9 Å².